The highest BCUT2D eigenvalue weighted by molar-refractivity contribution is 6.01. The fourth-order valence-corrected chi connectivity index (χ4v) is 3.30. The van der Waals surface area contributed by atoms with E-state index in [-0.39, 0.29) is 24.5 Å². The molecule has 2 amide bonds. The minimum Gasteiger partial charge on any atom is -0.490 e. The maximum atomic E-state index is 12.9. The van der Waals surface area contributed by atoms with E-state index in [4.69, 9.17) is 9.47 Å². The molecule has 1 unspecified atom stereocenters. The van der Waals surface area contributed by atoms with E-state index >= 15 is 0 Å². The van der Waals surface area contributed by atoms with E-state index in [1.807, 2.05) is 38.1 Å². The number of aryl methyl sites for hydroxylation is 1. The number of likely N-dealkylation sites (N-methyl/N-ethyl adjacent to an activating group) is 1. The Morgan fingerprint density at radius 2 is 1.97 bits per heavy atom. The fraction of sp³-hybridized carbons (Fsp3) is 0.391. The molecule has 0 spiro atoms. The van der Waals surface area contributed by atoms with E-state index in [0.29, 0.717) is 17.9 Å². The number of rotatable bonds is 7. The van der Waals surface area contributed by atoms with Crippen LogP contribution in [0, 0.1) is 13.8 Å². The van der Waals surface area contributed by atoms with Crippen molar-refractivity contribution in [1.29, 1.82) is 0 Å². The Kier molecular flexibility index (Phi) is 6.88. The van der Waals surface area contributed by atoms with Crippen LogP contribution in [0.5, 0.6) is 5.75 Å². The van der Waals surface area contributed by atoms with E-state index in [1.165, 1.54) is 4.90 Å². The van der Waals surface area contributed by atoms with Crippen molar-refractivity contribution in [1.82, 2.24) is 4.90 Å². The molecule has 2 aromatic carbocycles. The topological polar surface area (TPSA) is 67.9 Å². The van der Waals surface area contributed by atoms with Crippen molar-refractivity contribution in [3.05, 3.63) is 59.2 Å². The van der Waals surface area contributed by atoms with Crippen molar-refractivity contribution in [3.8, 4) is 5.75 Å². The quantitative estimate of drug-likeness (QED) is 0.777. The number of benzene rings is 2. The van der Waals surface area contributed by atoms with Gasteiger partial charge in [0, 0.05) is 19.3 Å². The molecule has 0 radical (unpaired) electrons. The second-order valence-corrected chi connectivity index (χ2v) is 7.40. The summed E-state index contributed by atoms with van der Waals surface area (Å²) < 4.78 is 11.4. The third-order valence-corrected chi connectivity index (χ3v) is 5.17. The van der Waals surface area contributed by atoms with Crippen molar-refractivity contribution in [2.24, 2.45) is 0 Å². The van der Waals surface area contributed by atoms with Crippen molar-refractivity contribution >= 4 is 17.5 Å². The average Bonchev–Trinajstić information content (AvgIpc) is 3.23. The maximum absolute atomic E-state index is 12.9. The molecule has 1 atom stereocenters. The molecule has 1 saturated heterocycles. The van der Waals surface area contributed by atoms with Crippen LogP contribution in [0.25, 0.3) is 0 Å². The van der Waals surface area contributed by atoms with Gasteiger partial charge in [-0.25, -0.2) is 0 Å². The van der Waals surface area contributed by atoms with Crippen LogP contribution in [-0.4, -0.2) is 49.6 Å². The molecule has 0 aliphatic carbocycles. The maximum Gasteiger partial charge on any atom is 0.257 e. The number of carbonyl (C=O) groups is 2. The molecule has 1 aliphatic heterocycles. The highest BCUT2D eigenvalue weighted by Gasteiger charge is 2.21. The molecule has 154 valence electrons. The Labute approximate surface area is 171 Å². The molecular formula is C23H28N2O4. The molecule has 29 heavy (non-hydrogen) atoms. The normalized spacial score (nSPS) is 15.8. The molecule has 0 bridgehead atoms. The minimum absolute atomic E-state index is 0.0493. The van der Waals surface area contributed by atoms with Gasteiger partial charge in [0.25, 0.3) is 5.91 Å². The summed E-state index contributed by atoms with van der Waals surface area (Å²) >= 11 is 0. The van der Waals surface area contributed by atoms with Gasteiger partial charge in [0.1, 0.15) is 12.4 Å². The largest absolute Gasteiger partial charge is 0.490 e. The predicted octanol–water partition coefficient (Wildman–Crippen LogP) is 3.57. The van der Waals surface area contributed by atoms with Crippen LogP contribution in [0.3, 0.4) is 0 Å². The van der Waals surface area contributed by atoms with Gasteiger partial charge in [-0.05, 0) is 56.0 Å². The molecule has 1 fully saturated rings. The third kappa shape index (κ3) is 5.35. The zero-order chi connectivity index (χ0) is 20.8. The van der Waals surface area contributed by atoms with E-state index < -0.39 is 0 Å². The number of nitrogens with zero attached hydrogens (tertiary/aromatic N) is 1. The van der Waals surface area contributed by atoms with Gasteiger partial charge in [-0.3, -0.25) is 9.59 Å². The Bertz CT molecular complexity index is 875. The first-order chi connectivity index (χ1) is 14.0. The SMILES string of the molecule is Cc1cccc(NC(=O)CN(C)C(=O)c2ccccc2OCC2CCCO2)c1C. The Morgan fingerprint density at radius 1 is 1.17 bits per heavy atom. The zero-order valence-corrected chi connectivity index (χ0v) is 17.2. The molecular weight excluding hydrogens is 368 g/mol. The van der Waals surface area contributed by atoms with E-state index in [1.54, 1.807) is 25.2 Å². The summed E-state index contributed by atoms with van der Waals surface area (Å²) in [5.74, 6) is 0.00569. The molecule has 0 saturated carbocycles. The van der Waals surface area contributed by atoms with Crippen molar-refractivity contribution < 1.29 is 19.1 Å². The van der Waals surface area contributed by atoms with Crippen molar-refractivity contribution in [2.45, 2.75) is 32.8 Å². The molecule has 1 aliphatic rings. The zero-order valence-electron chi connectivity index (χ0n) is 17.2. The number of ether oxygens (including phenoxy) is 2. The average molecular weight is 396 g/mol. The Hall–Kier alpha value is -2.86. The van der Waals surface area contributed by atoms with Crippen molar-refractivity contribution in [2.75, 3.05) is 32.1 Å². The van der Waals surface area contributed by atoms with Gasteiger partial charge >= 0.3 is 0 Å². The van der Waals surface area contributed by atoms with Crippen LogP contribution in [-0.2, 0) is 9.53 Å². The molecule has 2 aromatic rings. The van der Waals surface area contributed by atoms with Gasteiger partial charge in [-0.15, -0.1) is 0 Å². The second kappa shape index (κ2) is 9.56. The van der Waals surface area contributed by atoms with Crippen LogP contribution >= 0.6 is 0 Å². The summed E-state index contributed by atoms with van der Waals surface area (Å²) in [5, 5.41) is 2.88. The Morgan fingerprint density at radius 3 is 2.72 bits per heavy atom. The van der Waals surface area contributed by atoms with Gasteiger partial charge in [0.05, 0.1) is 18.2 Å². The number of hydrogen-bond donors (Lipinski definition) is 1. The first-order valence-corrected chi connectivity index (χ1v) is 9.90. The number of anilines is 1. The monoisotopic (exact) mass is 396 g/mol. The lowest BCUT2D eigenvalue weighted by Crippen LogP contribution is -2.35. The number of hydrogen-bond acceptors (Lipinski definition) is 4. The fourth-order valence-electron chi connectivity index (χ4n) is 3.30. The first kappa shape index (κ1) is 20.9. The van der Waals surface area contributed by atoms with Gasteiger partial charge in [-0.2, -0.15) is 0 Å². The highest BCUT2D eigenvalue weighted by atomic mass is 16.5. The lowest BCUT2D eigenvalue weighted by atomic mass is 10.1. The summed E-state index contributed by atoms with van der Waals surface area (Å²) in [7, 11) is 1.61. The minimum atomic E-state index is -0.260. The number of nitrogens with one attached hydrogen (secondary N) is 1. The Balaban J connectivity index is 1.62. The predicted molar refractivity (Wildman–Crippen MR) is 112 cm³/mol. The summed E-state index contributed by atoms with van der Waals surface area (Å²) in [6.07, 6.45) is 2.07. The van der Waals surface area contributed by atoms with Crippen molar-refractivity contribution in [3.63, 3.8) is 0 Å². The molecule has 1 heterocycles. The molecule has 3 rings (SSSR count). The van der Waals surface area contributed by atoms with Gasteiger partial charge < -0.3 is 19.7 Å². The molecule has 1 N–H and O–H groups in total. The molecule has 0 aromatic heterocycles. The van der Waals surface area contributed by atoms with Gasteiger partial charge in [0.2, 0.25) is 5.91 Å². The summed E-state index contributed by atoms with van der Waals surface area (Å²) in [4.78, 5) is 26.8. The van der Waals surface area contributed by atoms with Crippen LogP contribution in [0.2, 0.25) is 0 Å². The molecule has 6 heteroatoms. The molecule has 6 nitrogen and oxygen atoms in total. The van der Waals surface area contributed by atoms with Gasteiger partial charge in [0.15, 0.2) is 0 Å². The van der Waals surface area contributed by atoms with Crippen LogP contribution in [0.15, 0.2) is 42.5 Å². The summed E-state index contributed by atoms with van der Waals surface area (Å²) in [6.45, 7) is 5.08. The van der Waals surface area contributed by atoms with Crippen LogP contribution < -0.4 is 10.1 Å². The lowest BCUT2D eigenvalue weighted by Gasteiger charge is -2.20. The van der Waals surface area contributed by atoms with Gasteiger partial charge in [-0.1, -0.05) is 24.3 Å². The summed E-state index contributed by atoms with van der Waals surface area (Å²) in [6, 6.07) is 12.8. The first-order valence-electron chi connectivity index (χ1n) is 9.90. The number of carbonyl (C=O) groups excluding carboxylic acids is 2. The van der Waals surface area contributed by atoms with E-state index in [0.717, 1.165) is 36.3 Å². The number of amides is 2. The summed E-state index contributed by atoms with van der Waals surface area (Å²) in [5.41, 5.74) is 3.32. The number of para-hydroxylation sites is 1. The third-order valence-electron chi connectivity index (χ3n) is 5.17. The van der Waals surface area contributed by atoms with E-state index in [9.17, 15) is 9.59 Å². The highest BCUT2D eigenvalue weighted by Crippen LogP contribution is 2.22. The second-order valence-electron chi connectivity index (χ2n) is 7.40. The van der Waals surface area contributed by atoms with Crippen LogP contribution in [0.4, 0.5) is 5.69 Å². The van der Waals surface area contributed by atoms with Crippen LogP contribution in [0.1, 0.15) is 34.3 Å². The lowest BCUT2D eigenvalue weighted by molar-refractivity contribution is -0.116. The standard InChI is InChI=1S/C23H28N2O4/c1-16-8-6-11-20(17(16)2)24-22(26)14-25(3)23(27)19-10-4-5-12-21(19)29-15-18-9-7-13-28-18/h4-6,8,10-12,18H,7,9,13-15H2,1-3H3,(H,24,26). The van der Waals surface area contributed by atoms with E-state index in [2.05, 4.69) is 5.32 Å². The smallest absolute Gasteiger partial charge is 0.257 e.